The van der Waals surface area contributed by atoms with Crippen molar-refractivity contribution in [1.82, 2.24) is 0 Å². The van der Waals surface area contributed by atoms with Crippen molar-refractivity contribution >= 4 is 5.78 Å². The predicted octanol–water partition coefficient (Wildman–Crippen LogP) is 1.72. The van der Waals surface area contributed by atoms with Crippen molar-refractivity contribution in [3.63, 3.8) is 0 Å². The fraction of sp³-hybridized carbons (Fsp3) is 0.700. The van der Waals surface area contributed by atoms with Crippen LogP contribution in [0.3, 0.4) is 0 Å². The summed E-state index contributed by atoms with van der Waals surface area (Å²) in [7, 11) is 0. The van der Waals surface area contributed by atoms with Gasteiger partial charge in [-0.25, -0.2) is 4.39 Å². The summed E-state index contributed by atoms with van der Waals surface area (Å²) in [5.74, 6) is -2.03. The van der Waals surface area contributed by atoms with E-state index < -0.39 is 29.6 Å². The molecule has 1 heterocycles. The first-order chi connectivity index (χ1) is 6.46. The lowest BCUT2D eigenvalue weighted by atomic mass is 10.1. The summed E-state index contributed by atoms with van der Waals surface area (Å²) < 4.78 is 24.1. The molecule has 0 bridgehead atoms. The van der Waals surface area contributed by atoms with Crippen molar-refractivity contribution in [2.75, 3.05) is 0 Å². The van der Waals surface area contributed by atoms with Crippen molar-refractivity contribution in [2.45, 2.75) is 45.2 Å². The Hall–Kier alpha value is -0.740. The summed E-state index contributed by atoms with van der Waals surface area (Å²) in [5, 5.41) is 0. The van der Waals surface area contributed by atoms with E-state index in [4.69, 9.17) is 9.47 Å². The standard InChI is InChI=1S/C10H13FO3/c1-4-5-6(11)7(12)9-8(5)13-10(2,3)14-9/h8-9H,4H2,1-3H3/t8-,9?/m1/s1. The highest BCUT2D eigenvalue weighted by atomic mass is 19.1. The molecule has 14 heavy (non-hydrogen) atoms. The summed E-state index contributed by atoms with van der Waals surface area (Å²) in [6, 6.07) is 0. The van der Waals surface area contributed by atoms with E-state index in [9.17, 15) is 9.18 Å². The van der Waals surface area contributed by atoms with Gasteiger partial charge in [0.15, 0.2) is 17.7 Å². The van der Waals surface area contributed by atoms with Gasteiger partial charge in [0.1, 0.15) is 6.10 Å². The minimum absolute atomic E-state index is 0.436. The zero-order chi connectivity index (χ0) is 10.5. The van der Waals surface area contributed by atoms with Crippen LogP contribution in [-0.2, 0) is 14.3 Å². The zero-order valence-electron chi connectivity index (χ0n) is 8.46. The van der Waals surface area contributed by atoms with Crippen LogP contribution in [0, 0.1) is 0 Å². The number of rotatable bonds is 1. The summed E-state index contributed by atoms with van der Waals surface area (Å²) in [5.41, 5.74) is 0.436. The minimum atomic E-state index is -0.786. The van der Waals surface area contributed by atoms with Gasteiger partial charge in [-0.2, -0.15) is 0 Å². The number of carbonyl (C=O) groups is 1. The summed E-state index contributed by atoms with van der Waals surface area (Å²) >= 11 is 0. The van der Waals surface area contributed by atoms with E-state index in [0.717, 1.165) is 0 Å². The van der Waals surface area contributed by atoms with E-state index in [2.05, 4.69) is 0 Å². The minimum Gasteiger partial charge on any atom is -0.340 e. The number of hydrogen-bond donors (Lipinski definition) is 0. The smallest absolute Gasteiger partial charge is 0.223 e. The van der Waals surface area contributed by atoms with Crippen LogP contribution < -0.4 is 0 Å². The van der Waals surface area contributed by atoms with Gasteiger partial charge in [-0.1, -0.05) is 6.92 Å². The number of halogens is 1. The molecule has 1 saturated heterocycles. The molecular weight excluding hydrogens is 187 g/mol. The van der Waals surface area contributed by atoms with Crippen molar-refractivity contribution in [3.8, 4) is 0 Å². The van der Waals surface area contributed by atoms with Gasteiger partial charge in [-0.3, -0.25) is 4.79 Å². The first-order valence-corrected chi connectivity index (χ1v) is 4.74. The molecule has 2 atom stereocenters. The van der Waals surface area contributed by atoms with Crippen LogP contribution in [0.2, 0.25) is 0 Å². The van der Waals surface area contributed by atoms with Crippen molar-refractivity contribution in [2.24, 2.45) is 0 Å². The van der Waals surface area contributed by atoms with Crippen molar-refractivity contribution in [1.29, 1.82) is 0 Å². The summed E-state index contributed by atoms with van der Waals surface area (Å²) in [6.07, 6.45) is -0.791. The molecule has 4 heteroatoms. The average Bonchev–Trinajstić information content (AvgIpc) is 2.50. The number of ketones is 1. The molecule has 0 saturated carbocycles. The number of hydrogen-bond acceptors (Lipinski definition) is 3. The topological polar surface area (TPSA) is 35.5 Å². The Morgan fingerprint density at radius 2 is 1.93 bits per heavy atom. The third-order valence-corrected chi connectivity index (χ3v) is 2.58. The number of ether oxygens (including phenoxy) is 2. The van der Waals surface area contributed by atoms with Gasteiger partial charge in [0.25, 0.3) is 0 Å². The maximum Gasteiger partial charge on any atom is 0.223 e. The third kappa shape index (κ3) is 1.21. The molecule has 3 nitrogen and oxygen atoms in total. The molecule has 0 N–H and O–H groups in total. The largest absolute Gasteiger partial charge is 0.340 e. The summed E-state index contributed by atoms with van der Waals surface area (Å²) in [6.45, 7) is 5.26. The molecule has 1 fully saturated rings. The molecule has 2 rings (SSSR count). The third-order valence-electron chi connectivity index (χ3n) is 2.58. The van der Waals surface area contributed by atoms with Gasteiger partial charge in [0.2, 0.25) is 5.78 Å². The molecule has 1 unspecified atom stereocenters. The van der Waals surface area contributed by atoms with Gasteiger partial charge >= 0.3 is 0 Å². The number of carbonyl (C=O) groups excluding carboxylic acids is 1. The normalized spacial score (nSPS) is 35.3. The van der Waals surface area contributed by atoms with E-state index in [1.165, 1.54) is 0 Å². The van der Waals surface area contributed by atoms with Crippen LogP contribution in [0.4, 0.5) is 4.39 Å². The predicted molar refractivity (Wildman–Crippen MR) is 47.3 cm³/mol. The fourth-order valence-corrected chi connectivity index (χ4v) is 1.97. The monoisotopic (exact) mass is 200 g/mol. The maximum absolute atomic E-state index is 13.3. The van der Waals surface area contributed by atoms with Crippen LogP contribution in [0.25, 0.3) is 0 Å². The van der Waals surface area contributed by atoms with E-state index in [0.29, 0.717) is 12.0 Å². The van der Waals surface area contributed by atoms with Crippen LogP contribution in [0.1, 0.15) is 27.2 Å². The molecule has 0 aromatic heterocycles. The molecule has 0 spiro atoms. The Kier molecular flexibility index (Phi) is 2.01. The molecule has 78 valence electrons. The fourth-order valence-electron chi connectivity index (χ4n) is 1.97. The van der Waals surface area contributed by atoms with Crippen molar-refractivity contribution < 1.29 is 18.7 Å². The number of Topliss-reactive ketones (excluding diaryl/α,β-unsaturated/α-hetero) is 1. The zero-order valence-corrected chi connectivity index (χ0v) is 8.46. The molecule has 0 aromatic rings. The van der Waals surface area contributed by atoms with E-state index in [1.54, 1.807) is 20.8 Å². The van der Waals surface area contributed by atoms with Gasteiger partial charge in [-0.05, 0) is 20.3 Å². The van der Waals surface area contributed by atoms with Gasteiger partial charge in [0, 0.05) is 5.57 Å². The van der Waals surface area contributed by atoms with E-state index >= 15 is 0 Å². The van der Waals surface area contributed by atoms with Crippen molar-refractivity contribution in [3.05, 3.63) is 11.4 Å². The molecule has 2 aliphatic rings. The molecule has 0 amide bonds. The van der Waals surface area contributed by atoms with Crippen LogP contribution in [-0.4, -0.2) is 23.8 Å². The second-order valence-electron chi connectivity index (χ2n) is 4.03. The second kappa shape index (κ2) is 2.87. The second-order valence-corrected chi connectivity index (χ2v) is 4.03. The lowest BCUT2D eigenvalue weighted by Crippen LogP contribution is -2.26. The lowest BCUT2D eigenvalue weighted by molar-refractivity contribution is -0.154. The molecule has 0 radical (unpaired) electrons. The molecule has 1 aliphatic heterocycles. The SMILES string of the molecule is CCC1=C(F)C(=O)C2OC(C)(C)O[C@H]12. The summed E-state index contributed by atoms with van der Waals surface area (Å²) in [4.78, 5) is 11.4. The number of fused-ring (bicyclic) bond motifs is 1. The Morgan fingerprint density at radius 3 is 2.50 bits per heavy atom. The van der Waals surface area contributed by atoms with Crippen LogP contribution in [0.5, 0.6) is 0 Å². The van der Waals surface area contributed by atoms with E-state index in [-0.39, 0.29) is 0 Å². The molecule has 0 aromatic carbocycles. The highest BCUT2D eigenvalue weighted by Gasteiger charge is 2.53. The molecular formula is C10H13FO3. The Labute approximate surface area is 81.9 Å². The van der Waals surface area contributed by atoms with Crippen LogP contribution in [0.15, 0.2) is 11.4 Å². The van der Waals surface area contributed by atoms with Crippen LogP contribution >= 0.6 is 0 Å². The maximum atomic E-state index is 13.3. The lowest BCUT2D eigenvalue weighted by Gasteiger charge is -2.18. The Balaban J connectivity index is 2.33. The first-order valence-electron chi connectivity index (χ1n) is 4.74. The Bertz CT molecular complexity index is 319. The first kappa shape index (κ1) is 9.80. The average molecular weight is 200 g/mol. The van der Waals surface area contributed by atoms with Gasteiger partial charge < -0.3 is 9.47 Å². The highest BCUT2D eigenvalue weighted by molar-refractivity contribution is 6.01. The quantitative estimate of drug-likeness (QED) is 0.646. The van der Waals surface area contributed by atoms with Gasteiger partial charge in [-0.15, -0.1) is 0 Å². The highest BCUT2D eigenvalue weighted by Crippen LogP contribution is 2.40. The van der Waals surface area contributed by atoms with E-state index in [1.807, 2.05) is 0 Å². The molecule has 1 aliphatic carbocycles. The van der Waals surface area contributed by atoms with Gasteiger partial charge in [0.05, 0.1) is 0 Å². The Morgan fingerprint density at radius 1 is 1.36 bits per heavy atom.